The predicted octanol–water partition coefficient (Wildman–Crippen LogP) is 5.47. The van der Waals surface area contributed by atoms with Crippen molar-refractivity contribution in [3.05, 3.63) is 117 Å². The number of benzene rings is 3. The lowest BCUT2D eigenvalue weighted by Crippen LogP contribution is -2.19. The van der Waals surface area contributed by atoms with E-state index in [1.54, 1.807) is 28.8 Å². The minimum Gasteiger partial charge on any atom is -0.477 e. The van der Waals surface area contributed by atoms with E-state index in [0.29, 0.717) is 15.4 Å². The largest absolute Gasteiger partial charge is 0.477 e. The molecule has 0 atom stereocenters. The Balaban J connectivity index is 1.55. The molecule has 0 spiro atoms. The van der Waals surface area contributed by atoms with E-state index in [1.807, 2.05) is 54.6 Å². The molecule has 192 valence electrons. The Hall–Kier alpha value is -3.99. The van der Waals surface area contributed by atoms with Crippen molar-refractivity contribution in [2.75, 3.05) is 4.72 Å². The van der Waals surface area contributed by atoms with Crippen LogP contribution >= 0.6 is 22.9 Å². The summed E-state index contributed by atoms with van der Waals surface area (Å²) in [7, 11) is -3.87. The van der Waals surface area contributed by atoms with Gasteiger partial charge in [-0.15, -0.1) is 0 Å². The van der Waals surface area contributed by atoms with E-state index >= 15 is 0 Å². The van der Waals surface area contributed by atoms with E-state index < -0.39 is 27.0 Å². The van der Waals surface area contributed by atoms with E-state index in [1.165, 1.54) is 6.20 Å². The third kappa shape index (κ3) is 5.47. The average Bonchev–Trinajstić information content (AvgIpc) is 3.31. The summed E-state index contributed by atoms with van der Waals surface area (Å²) in [6, 6.07) is 23.8. The number of pyridine rings is 1. The van der Waals surface area contributed by atoms with Crippen LogP contribution in [-0.4, -0.2) is 29.0 Å². The van der Waals surface area contributed by atoms with Crippen molar-refractivity contribution < 1.29 is 18.3 Å². The Labute approximate surface area is 226 Å². The van der Waals surface area contributed by atoms with Gasteiger partial charge < -0.3 is 9.67 Å². The zero-order valence-corrected chi connectivity index (χ0v) is 22.1. The number of anilines is 1. The molecular formula is C27H20ClN3O5S2. The maximum atomic E-state index is 12.9. The van der Waals surface area contributed by atoms with Crippen molar-refractivity contribution >= 4 is 54.4 Å². The zero-order chi connectivity index (χ0) is 26.9. The molecule has 0 aliphatic carbocycles. The lowest BCUT2D eigenvalue weighted by molar-refractivity contribution is 0.0694. The second-order valence-corrected chi connectivity index (χ2v) is 11.6. The molecule has 5 aromatic rings. The number of nitrogens with zero attached hydrogens (tertiary/aromatic N) is 2. The summed E-state index contributed by atoms with van der Waals surface area (Å²) in [4.78, 5) is 29.3. The number of hydrogen-bond acceptors (Lipinski definition) is 6. The summed E-state index contributed by atoms with van der Waals surface area (Å²) in [6.07, 6.45) is 1.28. The fourth-order valence-electron chi connectivity index (χ4n) is 4.08. The minimum atomic E-state index is -3.87. The van der Waals surface area contributed by atoms with Crippen LogP contribution in [0.4, 0.5) is 5.13 Å². The van der Waals surface area contributed by atoms with Gasteiger partial charge in [0.2, 0.25) is 15.5 Å². The highest BCUT2D eigenvalue weighted by Crippen LogP contribution is 2.29. The molecule has 0 saturated heterocycles. The number of halogens is 1. The quantitative estimate of drug-likeness (QED) is 0.258. The number of aromatic nitrogens is 2. The number of carboxylic acid groups (broad SMARTS) is 1. The number of rotatable bonds is 8. The molecule has 0 amide bonds. The van der Waals surface area contributed by atoms with Gasteiger partial charge in [-0.1, -0.05) is 89.7 Å². The lowest BCUT2D eigenvalue weighted by atomic mass is 9.99. The molecule has 2 N–H and O–H groups in total. The maximum Gasteiger partial charge on any atom is 0.341 e. The number of carbonyl (C=O) groups is 1. The highest BCUT2D eigenvalue weighted by Gasteiger charge is 2.21. The molecule has 0 saturated carbocycles. The van der Waals surface area contributed by atoms with Gasteiger partial charge in [-0.2, -0.15) is 0 Å². The van der Waals surface area contributed by atoms with Crippen molar-refractivity contribution in [2.45, 2.75) is 12.3 Å². The first-order valence-electron chi connectivity index (χ1n) is 11.4. The Morgan fingerprint density at radius 2 is 1.68 bits per heavy atom. The van der Waals surface area contributed by atoms with Crippen LogP contribution in [-0.2, 0) is 22.3 Å². The lowest BCUT2D eigenvalue weighted by Gasteiger charge is -2.13. The summed E-state index contributed by atoms with van der Waals surface area (Å²) < 4.78 is 29.7. The Morgan fingerprint density at radius 3 is 2.39 bits per heavy atom. The number of carboxylic acids is 1. The third-order valence-electron chi connectivity index (χ3n) is 5.80. The van der Waals surface area contributed by atoms with Crippen LogP contribution in [0.25, 0.3) is 21.5 Å². The van der Waals surface area contributed by atoms with Crippen LogP contribution < -0.4 is 10.2 Å². The van der Waals surface area contributed by atoms with Crippen LogP contribution in [0.2, 0.25) is 5.02 Å². The standard InChI is InChI=1S/C27H20ClN3O5S2/c28-20-12-10-17(11-13-20)16-38(35,36)30-27-29-23-24(32)22(26(33)34)15-31(25(23)37-27)14-19-8-4-5-9-21(19)18-6-2-1-3-7-18/h1-13,15H,14,16H2,(H,29,30)(H,33,34). The van der Waals surface area contributed by atoms with Crippen molar-refractivity contribution in [1.29, 1.82) is 0 Å². The second-order valence-electron chi connectivity index (χ2n) is 8.49. The number of sulfonamides is 1. The van der Waals surface area contributed by atoms with Gasteiger partial charge >= 0.3 is 5.97 Å². The Morgan fingerprint density at radius 1 is 1.00 bits per heavy atom. The first-order chi connectivity index (χ1) is 18.2. The van der Waals surface area contributed by atoms with Gasteiger partial charge in [0, 0.05) is 17.8 Å². The molecule has 11 heteroatoms. The van der Waals surface area contributed by atoms with Crippen LogP contribution in [0.15, 0.2) is 89.9 Å². The van der Waals surface area contributed by atoms with E-state index in [9.17, 15) is 23.1 Å². The van der Waals surface area contributed by atoms with E-state index in [4.69, 9.17) is 11.6 Å². The molecule has 2 heterocycles. The SMILES string of the molecule is O=C(O)c1cn(Cc2ccccc2-c2ccccc2)c2sc(NS(=O)(=O)Cc3ccc(Cl)cc3)nc2c1=O. The van der Waals surface area contributed by atoms with Crippen LogP contribution in [0.5, 0.6) is 0 Å². The summed E-state index contributed by atoms with van der Waals surface area (Å²) in [5.41, 5.74) is 2.00. The van der Waals surface area contributed by atoms with Crippen molar-refractivity contribution in [1.82, 2.24) is 9.55 Å². The van der Waals surface area contributed by atoms with Crippen LogP contribution in [0.1, 0.15) is 21.5 Å². The molecule has 0 radical (unpaired) electrons. The molecule has 0 fully saturated rings. The van der Waals surface area contributed by atoms with Gasteiger partial charge in [0.25, 0.3) is 0 Å². The molecule has 0 aliphatic rings. The molecule has 5 rings (SSSR count). The van der Waals surface area contributed by atoms with Gasteiger partial charge in [0.1, 0.15) is 15.9 Å². The predicted molar refractivity (Wildman–Crippen MR) is 150 cm³/mol. The number of hydrogen-bond donors (Lipinski definition) is 2. The molecule has 3 aromatic carbocycles. The monoisotopic (exact) mass is 565 g/mol. The van der Waals surface area contributed by atoms with Crippen molar-refractivity contribution in [2.24, 2.45) is 0 Å². The van der Waals surface area contributed by atoms with Crippen LogP contribution in [0.3, 0.4) is 0 Å². The van der Waals surface area contributed by atoms with E-state index in [2.05, 4.69) is 9.71 Å². The fourth-order valence-corrected chi connectivity index (χ4v) is 6.56. The minimum absolute atomic E-state index is 0.0290. The number of aromatic carboxylic acids is 1. The molecule has 0 unspecified atom stereocenters. The molecule has 2 aromatic heterocycles. The molecule has 8 nitrogen and oxygen atoms in total. The third-order valence-corrected chi connectivity index (χ3v) is 8.41. The topological polar surface area (TPSA) is 118 Å². The van der Waals surface area contributed by atoms with Gasteiger partial charge in [-0.3, -0.25) is 9.52 Å². The summed E-state index contributed by atoms with van der Waals surface area (Å²) in [5, 5.41) is 10.1. The first-order valence-corrected chi connectivity index (χ1v) is 14.2. The fraction of sp³-hybridized carbons (Fsp3) is 0.0741. The van der Waals surface area contributed by atoms with Gasteiger partial charge in [0.15, 0.2) is 5.13 Å². The average molecular weight is 566 g/mol. The smallest absolute Gasteiger partial charge is 0.341 e. The van der Waals surface area contributed by atoms with E-state index in [-0.39, 0.29) is 22.9 Å². The summed E-state index contributed by atoms with van der Waals surface area (Å²) >= 11 is 6.84. The summed E-state index contributed by atoms with van der Waals surface area (Å²) in [5.74, 6) is -1.71. The normalized spacial score (nSPS) is 11.5. The van der Waals surface area contributed by atoms with Crippen molar-refractivity contribution in [3.63, 3.8) is 0 Å². The van der Waals surface area contributed by atoms with Gasteiger partial charge in [0.05, 0.1) is 5.75 Å². The number of nitrogens with one attached hydrogen (secondary N) is 1. The molecule has 38 heavy (non-hydrogen) atoms. The van der Waals surface area contributed by atoms with Gasteiger partial charge in [-0.25, -0.2) is 18.2 Å². The zero-order valence-electron chi connectivity index (χ0n) is 19.7. The second kappa shape index (κ2) is 10.4. The molecular weight excluding hydrogens is 546 g/mol. The number of fused-ring (bicyclic) bond motifs is 1. The highest BCUT2D eigenvalue weighted by atomic mass is 35.5. The Kier molecular flexibility index (Phi) is 7.02. The van der Waals surface area contributed by atoms with Gasteiger partial charge in [-0.05, 0) is 34.4 Å². The van der Waals surface area contributed by atoms with E-state index in [0.717, 1.165) is 28.0 Å². The molecule has 0 aliphatic heterocycles. The highest BCUT2D eigenvalue weighted by molar-refractivity contribution is 7.92. The first kappa shape index (κ1) is 25.7. The van der Waals surface area contributed by atoms with Crippen LogP contribution in [0, 0.1) is 0 Å². The van der Waals surface area contributed by atoms with Crippen molar-refractivity contribution in [3.8, 4) is 11.1 Å². The number of thiazole rings is 1. The summed E-state index contributed by atoms with van der Waals surface area (Å²) in [6.45, 7) is 0.237. The molecule has 0 bridgehead atoms. The maximum absolute atomic E-state index is 12.9. The Bertz CT molecular complexity index is 1820.